The molecule has 0 saturated heterocycles. The first kappa shape index (κ1) is 40.8. The lowest BCUT2D eigenvalue weighted by Gasteiger charge is -2.44. The van der Waals surface area contributed by atoms with Gasteiger partial charge in [-0.2, -0.15) is 0 Å². The SMILES string of the molecule is CCCCCCCCCCCCCCCCC(O)(CCCCCCCCCCCCCCCC)C(CO)(CO)CO. The molecule has 0 aromatic rings. The van der Waals surface area contributed by atoms with Crippen LogP contribution < -0.4 is 0 Å². The molecular weight excluding hydrogens is 508 g/mol. The highest BCUT2D eigenvalue weighted by atomic mass is 16.3. The third-order valence-electron chi connectivity index (χ3n) is 9.78. The Morgan fingerprint density at radius 2 is 0.512 bits per heavy atom. The molecular formula is C37H76O4. The average molecular weight is 585 g/mol. The van der Waals surface area contributed by atoms with Crippen molar-refractivity contribution in [3.8, 4) is 0 Å². The first-order valence-electron chi connectivity index (χ1n) is 18.6. The Morgan fingerprint density at radius 1 is 0.317 bits per heavy atom. The maximum absolute atomic E-state index is 11.6. The summed E-state index contributed by atoms with van der Waals surface area (Å²) >= 11 is 0. The third kappa shape index (κ3) is 21.2. The number of aliphatic hydroxyl groups is 4. The van der Waals surface area contributed by atoms with E-state index in [1.54, 1.807) is 0 Å². The minimum Gasteiger partial charge on any atom is -0.395 e. The Balaban J connectivity index is 4.06. The molecule has 0 unspecified atom stereocenters. The smallest absolute Gasteiger partial charge is 0.0770 e. The van der Waals surface area contributed by atoms with Gasteiger partial charge in [0.05, 0.1) is 30.8 Å². The van der Waals surface area contributed by atoms with E-state index in [-0.39, 0.29) is 19.8 Å². The van der Waals surface area contributed by atoms with Gasteiger partial charge in [-0.05, 0) is 12.8 Å². The fourth-order valence-corrected chi connectivity index (χ4v) is 6.47. The molecule has 0 fully saturated rings. The van der Waals surface area contributed by atoms with Gasteiger partial charge in [-0.25, -0.2) is 0 Å². The second-order valence-corrected chi connectivity index (χ2v) is 13.5. The molecule has 4 nitrogen and oxygen atoms in total. The summed E-state index contributed by atoms with van der Waals surface area (Å²) < 4.78 is 0. The maximum Gasteiger partial charge on any atom is 0.0770 e. The van der Waals surface area contributed by atoms with Gasteiger partial charge in [0.15, 0.2) is 0 Å². The van der Waals surface area contributed by atoms with Crippen LogP contribution in [0.3, 0.4) is 0 Å². The zero-order valence-corrected chi connectivity index (χ0v) is 28.1. The summed E-state index contributed by atoms with van der Waals surface area (Å²) in [6.45, 7) is 3.40. The van der Waals surface area contributed by atoms with E-state index in [9.17, 15) is 20.4 Å². The molecule has 0 spiro atoms. The fraction of sp³-hybridized carbons (Fsp3) is 1.00. The van der Waals surface area contributed by atoms with E-state index in [1.165, 1.54) is 154 Å². The van der Waals surface area contributed by atoms with Crippen molar-refractivity contribution < 1.29 is 20.4 Å². The van der Waals surface area contributed by atoms with Crippen molar-refractivity contribution in [2.75, 3.05) is 19.8 Å². The van der Waals surface area contributed by atoms with E-state index in [0.717, 1.165) is 25.7 Å². The van der Waals surface area contributed by atoms with Crippen molar-refractivity contribution in [3.05, 3.63) is 0 Å². The first-order valence-corrected chi connectivity index (χ1v) is 18.6. The van der Waals surface area contributed by atoms with Crippen LogP contribution in [0.4, 0.5) is 0 Å². The normalized spacial score (nSPS) is 12.4. The summed E-state index contributed by atoms with van der Waals surface area (Å²) in [7, 11) is 0. The van der Waals surface area contributed by atoms with Crippen molar-refractivity contribution in [2.24, 2.45) is 5.41 Å². The molecule has 0 bridgehead atoms. The maximum atomic E-state index is 11.6. The molecule has 0 saturated carbocycles. The summed E-state index contributed by atoms with van der Waals surface area (Å²) in [5, 5.41) is 41.8. The molecule has 0 aliphatic rings. The van der Waals surface area contributed by atoms with Crippen LogP contribution in [-0.2, 0) is 0 Å². The predicted molar refractivity (Wildman–Crippen MR) is 178 cm³/mol. The summed E-state index contributed by atoms with van der Waals surface area (Å²) in [5.41, 5.74) is -2.43. The molecule has 4 heteroatoms. The molecule has 0 aromatic carbocycles. The summed E-state index contributed by atoms with van der Waals surface area (Å²) in [6.07, 6.45) is 37.2. The largest absolute Gasteiger partial charge is 0.395 e. The van der Waals surface area contributed by atoms with Gasteiger partial charge in [0.25, 0.3) is 0 Å². The van der Waals surface area contributed by atoms with Crippen LogP contribution in [0.15, 0.2) is 0 Å². The average Bonchev–Trinajstić information content (AvgIpc) is 2.98. The standard InChI is InChI=1S/C37H76O4/c1-3-5-7-9-11-13-15-17-19-21-23-25-27-29-31-37(41,36(33-38,34-39)35-40)32-30-28-26-24-22-20-18-16-14-12-10-8-6-4-2/h38-41H,3-35H2,1-2H3. The number of hydrogen-bond donors (Lipinski definition) is 4. The Hall–Kier alpha value is -0.160. The van der Waals surface area contributed by atoms with E-state index in [1.807, 2.05) is 0 Å². The van der Waals surface area contributed by atoms with Crippen molar-refractivity contribution in [1.82, 2.24) is 0 Å². The molecule has 248 valence electrons. The van der Waals surface area contributed by atoms with E-state index in [4.69, 9.17) is 0 Å². The molecule has 0 amide bonds. The van der Waals surface area contributed by atoms with Crippen molar-refractivity contribution in [2.45, 2.75) is 212 Å². The Bertz CT molecular complexity index is 465. The van der Waals surface area contributed by atoms with Gasteiger partial charge in [-0.1, -0.05) is 194 Å². The summed E-state index contributed by atoms with van der Waals surface area (Å²) in [6, 6.07) is 0. The van der Waals surface area contributed by atoms with E-state index < -0.39 is 11.0 Å². The van der Waals surface area contributed by atoms with Gasteiger partial charge in [0.2, 0.25) is 0 Å². The number of unbranched alkanes of at least 4 members (excludes halogenated alkanes) is 26. The molecule has 4 N–H and O–H groups in total. The van der Waals surface area contributed by atoms with Crippen LogP contribution in [0.1, 0.15) is 206 Å². The lowest BCUT2D eigenvalue weighted by molar-refractivity contribution is -0.162. The minimum atomic E-state index is -1.22. The van der Waals surface area contributed by atoms with Crippen molar-refractivity contribution >= 4 is 0 Å². The zero-order valence-electron chi connectivity index (χ0n) is 28.1. The molecule has 0 aliphatic carbocycles. The summed E-state index contributed by atoms with van der Waals surface area (Å²) in [5.74, 6) is 0. The van der Waals surface area contributed by atoms with Gasteiger partial charge in [0, 0.05) is 0 Å². The lowest BCUT2D eigenvalue weighted by Crippen LogP contribution is -2.55. The zero-order chi connectivity index (χ0) is 30.3. The Labute approximate surface area is 257 Å². The highest BCUT2D eigenvalue weighted by molar-refractivity contribution is 4.98. The molecule has 0 aliphatic heterocycles. The predicted octanol–water partition coefficient (Wildman–Crippen LogP) is 10.4. The van der Waals surface area contributed by atoms with E-state index in [2.05, 4.69) is 13.8 Å². The van der Waals surface area contributed by atoms with Gasteiger partial charge in [0.1, 0.15) is 0 Å². The Morgan fingerprint density at radius 3 is 0.707 bits per heavy atom. The second-order valence-electron chi connectivity index (χ2n) is 13.5. The van der Waals surface area contributed by atoms with Gasteiger partial charge >= 0.3 is 0 Å². The van der Waals surface area contributed by atoms with E-state index >= 15 is 0 Å². The van der Waals surface area contributed by atoms with Crippen LogP contribution in [0.2, 0.25) is 0 Å². The van der Waals surface area contributed by atoms with Crippen LogP contribution in [0, 0.1) is 5.41 Å². The molecule has 0 radical (unpaired) electrons. The number of aliphatic hydroxyl groups excluding tert-OH is 3. The van der Waals surface area contributed by atoms with E-state index in [0.29, 0.717) is 12.8 Å². The highest BCUT2D eigenvalue weighted by Gasteiger charge is 2.48. The van der Waals surface area contributed by atoms with Crippen LogP contribution in [-0.4, -0.2) is 45.8 Å². The minimum absolute atomic E-state index is 0.381. The first-order chi connectivity index (χ1) is 20.1. The van der Waals surface area contributed by atoms with Gasteiger partial charge < -0.3 is 20.4 Å². The molecule has 0 aromatic heterocycles. The topological polar surface area (TPSA) is 80.9 Å². The quantitative estimate of drug-likeness (QED) is 0.0567. The molecule has 0 atom stereocenters. The van der Waals surface area contributed by atoms with Crippen molar-refractivity contribution in [3.63, 3.8) is 0 Å². The van der Waals surface area contributed by atoms with Gasteiger partial charge in [-0.3, -0.25) is 0 Å². The van der Waals surface area contributed by atoms with Crippen LogP contribution in [0.25, 0.3) is 0 Å². The highest BCUT2D eigenvalue weighted by Crippen LogP contribution is 2.39. The monoisotopic (exact) mass is 585 g/mol. The van der Waals surface area contributed by atoms with Crippen LogP contribution >= 0.6 is 0 Å². The molecule has 41 heavy (non-hydrogen) atoms. The third-order valence-corrected chi connectivity index (χ3v) is 9.78. The summed E-state index contributed by atoms with van der Waals surface area (Å²) in [4.78, 5) is 0. The Kier molecular flexibility index (Phi) is 29.8. The molecule has 0 rings (SSSR count). The fourth-order valence-electron chi connectivity index (χ4n) is 6.47. The number of hydrogen-bond acceptors (Lipinski definition) is 4. The van der Waals surface area contributed by atoms with Crippen LogP contribution in [0.5, 0.6) is 0 Å². The van der Waals surface area contributed by atoms with Crippen molar-refractivity contribution in [1.29, 1.82) is 0 Å². The lowest BCUT2D eigenvalue weighted by atomic mass is 9.68. The second kappa shape index (κ2) is 29.9. The van der Waals surface area contributed by atoms with Gasteiger partial charge in [-0.15, -0.1) is 0 Å². The number of rotatable bonds is 34. The molecule has 0 heterocycles.